The number of nitrogens with zero attached hydrogens (tertiary/aromatic N) is 1. The molecular weight excluding hydrogens is 264 g/mol. The standard InChI is InChI=1S/C17H24N2O2/c1-2-14-5-3-6-15(9-14)11-19-8-4-7-16(12-19)10-18-17(21)13-20/h2-3,5-6,9,16,20H,1,4,7-8,10-13H2,(H,18,21)/t16-/m1/s1. The number of likely N-dealkylation sites (tertiary alicyclic amines) is 1. The van der Waals surface area contributed by atoms with E-state index >= 15 is 0 Å². The van der Waals surface area contributed by atoms with Crippen LogP contribution in [0.5, 0.6) is 0 Å². The van der Waals surface area contributed by atoms with Gasteiger partial charge in [-0.25, -0.2) is 0 Å². The fourth-order valence-electron chi connectivity index (χ4n) is 2.85. The lowest BCUT2D eigenvalue weighted by atomic mass is 9.97. The minimum atomic E-state index is -0.426. The van der Waals surface area contributed by atoms with Gasteiger partial charge in [0.25, 0.3) is 0 Å². The van der Waals surface area contributed by atoms with Gasteiger partial charge in [-0.05, 0) is 36.4 Å². The lowest BCUT2D eigenvalue weighted by molar-refractivity contribution is -0.124. The molecule has 0 radical (unpaired) electrons. The van der Waals surface area contributed by atoms with E-state index < -0.39 is 6.61 Å². The molecule has 0 aromatic heterocycles. The molecule has 114 valence electrons. The van der Waals surface area contributed by atoms with Crippen molar-refractivity contribution >= 4 is 12.0 Å². The van der Waals surface area contributed by atoms with Crippen LogP contribution in [-0.2, 0) is 11.3 Å². The monoisotopic (exact) mass is 288 g/mol. The first kappa shape index (κ1) is 15.7. The second kappa shape index (κ2) is 7.96. The number of aliphatic hydroxyl groups excluding tert-OH is 1. The molecule has 1 heterocycles. The Morgan fingerprint density at radius 3 is 3.14 bits per heavy atom. The Morgan fingerprint density at radius 2 is 2.38 bits per heavy atom. The number of hydrogen-bond donors (Lipinski definition) is 2. The third-order valence-corrected chi connectivity index (χ3v) is 3.93. The van der Waals surface area contributed by atoms with Gasteiger partial charge >= 0.3 is 0 Å². The van der Waals surface area contributed by atoms with Crippen molar-refractivity contribution < 1.29 is 9.90 Å². The molecule has 1 atom stereocenters. The van der Waals surface area contributed by atoms with Gasteiger partial charge in [0.2, 0.25) is 5.91 Å². The topological polar surface area (TPSA) is 52.6 Å². The highest BCUT2D eigenvalue weighted by Gasteiger charge is 2.20. The number of carbonyl (C=O) groups is 1. The Kier molecular flexibility index (Phi) is 5.96. The molecule has 1 aliphatic rings. The highest BCUT2D eigenvalue weighted by molar-refractivity contribution is 5.76. The van der Waals surface area contributed by atoms with E-state index in [0.29, 0.717) is 12.5 Å². The Labute approximate surface area is 126 Å². The van der Waals surface area contributed by atoms with E-state index in [1.54, 1.807) is 0 Å². The van der Waals surface area contributed by atoms with Crippen molar-refractivity contribution in [3.8, 4) is 0 Å². The molecule has 1 aromatic rings. The summed E-state index contributed by atoms with van der Waals surface area (Å²) in [6.07, 6.45) is 4.16. The number of amides is 1. The van der Waals surface area contributed by atoms with Gasteiger partial charge in [-0.3, -0.25) is 9.69 Å². The van der Waals surface area contributed by atoms with Gasteiger partial charge in [0.15, 0.2) is 0 Å². The van der Waals surface area contributed by atoms with E-state index in [1.807, 2.05) is 6.08 Å². The van der Waals surface area contributed by atoms with E-state index in [-0.39, 0.29) is 5.91 Å². The van der Waals surface area contributed by atoms with Crippen LogP contribution in [0.25, 0.3) is 6.08 Å². The molecule has 1 saturated heterocycles. The summed E-state index contributed by atoms with van der Waals surface area (Å²) < 4.78 is 0. The minimum absolute atomic E-state index is 0.286. The molecule has 21 heavy (non-hydrogen) atoms. The maximum atomic E-state index is 11.1. The molecule has 0 saturated carbocycles. The third kappa shape index (κ3) is 4.99. The van der Waals surface area contributed by atoms with Crippen LogP contribution in [-0.4, -0.2) is 42.2 Å². The van der Waals surface area contributed by atoms with Gasteiger partial charge in [0, 0.05) is 19.6 Å². The molecule has 0 spiro atoms. The van der Waals surface area contributed by atoms with Crippen LogP contribution in [0.4, 0.5) is 0 Å². The smallest absolute Gasteiger partial charge is 0.245 e. The van der Waals surface area contributed by atoms with Crippen LogP contribution in [0, 0.1) is 5.92 Å². The van der Waals surface area contributed by atoms with Crippen LogP contribution in [0.1, 0.15) is 24.0 Å². The summed E-state index contributed by atoms with van der Waals surface area (Å²) in [5, 5.41) is 11.5. The second-order valence-electron chi connectivity index (χ2n) is 5.65. The van der Waals surface area contributed by atoms with E-state index in [2.05, 4.69) is 41.1 Å². The summed E-state index contributed by atoms with van der Waals surface area (Å²) >= 11 is 0. The van der Waals surface area contributed by atoms with Crippen molar-refractivity contribution in [1.82, 2.24) is 10.2 Å². The average molecular weight is 288 g/mol. The quantitative estimate of drug-likeness (QED) is 0.837. The largest absolute Gasteiger partial charge is 0.387 e. The van der Waals surface area contributed by atoms with Crippen LogP contribution in [0.3, 0.4) is 0 Å². The molecule has 4 nitrogen and oxygen atoms in total. The maximum Gasteiger partial charge on any atom is 0.245 e. The number of nitrogens with one attached hydrogen (secondary N) is 1. The number of benzene rings is 1. The van der Waals surface area contributed by atoms with Crippen molar-refractivity contribution in [3.63, 3.8) is 0 Å². The number of piperidine rings is 1. The van der Waals surface area contributed by atoms with Crippen molar-refractivity contribution in [1.29, 1.82) is 0 Å². The fourth-order valence-corrected chi connectivity index (χ4v) is 2.85. The Hall–Kier alpha value is -1.65. The number of carbonyl (C=O) groups excluding carboxylic acids is 1. The van der Waals surface area contributed by atoms with Crippen molar-refractivity contribution in [3.05, 3.63) is 42.0 Å². The summed E-state index contributed by atoms with van der Waals surface area (Å²) in [6.45, 7) is 7.06. The van der Waals surface area contributed by atoms with Crippen LogP contribution >= 0.6 is 0 Å². The molecular formula is C17H24N2O2. The zero-order chi connectivity index (χ0) is 15.1. The lowest BCUT2D eigenvalue weighted by Gasteiger charge is -2.32. The summed E-state index contributed by atoms with van der Waals surface area (Å²) in [5.74, 6) is 0.183. The van der Waals surface area contributed by atoms with Crippen molar-refractivity contribution in [2.24, 2.45) is 5.92 Å². The first-order chi connectivity index (χ1) is 10.2. The SMILES string of the molecule is C=Cc1cccc(CN2CCC[C@H](CNC(=O)CO)C2)c1. The molecule has 1 fully saturated rings. The van der Waals surface area contributed by atoms with E-state index in [0.717, 1.165) is 38.0 Å². The summed E-state index contributed by atoms with van der Waals surface area (Å²) in [6, 6.07) is 8.43. The van der Waals surface area contributed by atoms with Crippen LogP contribution in [0.15, 0.2) is 30.8 Å². The Balaban J connectivity index is 1.85. The molecule has 0 aliphatic carbocycles. The average Bonchev–Trinajstić information content (AvgIpc) is 2.53. The van der Waals surface area contributed by atoms with Gasteiger partial charge in [-0.1, -0.05) is 36.9 Å². The lowest BCUT2D eigenvalue weighted by Crippen LogP contribution is -2.41. The van der Waals surface area contributed by atoms with Crippen molar-refractivity contribution in [2.45, 2.75) is 19.4 Å². The summed E-state index contributed by atoms with van der Waals surface area (Å²) in [4.78, 5) is 13.5. The molecule has 1 aliphatic heterocycles. The molecule has 0 bridgehead atoms. The molecule has 1 aromatic carbocycles. The van der Waals surface area contributed by atoms with Crippen LogP contribution < -0.4 is 5.32 Å². The molecule has 0 unspecified atom stereocenters. The third-order valence-electron chi connectivity index (χ3n) is 3.93. The van der Waals surface area contributed by atoms with Gasteiger partial charge < -0.3 is 10.4 Å². The maximum absolute atomic E-state index is 11.1. The minimum Gasteiger partial charge on any atom is -0.387 e. The van der Waals surface area contributed by atoms with E-state index in [1.165, 1.54) is 5.56 Å². The highest BCUT2D eigenvalue weighted by atomic mass is 16.3. The fraction of sp³-hybridized carbons (Fsp3) is 0.471. The first-order valence-electron chi connectivity index (χ1n) is 7.52. The summed E-state index contributed by atoms with van der Waals surface area (Å²) in [5.41, 5.74) is 2.45. The predicted molar refractivity (Wildman–Crippen MR) is 84.6 cm³/mol. The Bertz CT molecular complexity index is 487. The predicted octanol–water partition coefficient (Wildman–Crippen LogP) is 1.65. The molecule has 2 N–H and O–H groups in total. The van der Waals surface area contributed by atoms with Gasteiger partial charge in [-0.15, -0.1) is 0 Å². The van der Waals surface area contributed by atoms with Crippen molar-refractivity contribution in [2.75, 3.05) is 26.2 Å². The second-order valence-corrected chi connectivity index (χ2v) is 5.65. The van der Waals surface area contributed by atoms with Gasteiger partial charge in [0.05, 0.1) is 0 Å². The van der Waals surface area contributed by atoms with E-state index in [9.17, 15) is 4.79 Å². The normalized spacial score (nSPS) is 19.2. The number of rotatable bonds is 6. The molecule has 2 rings (SSSR count). The highest BCUT2D eigenvalue weighted by Crippen LogP contribution is 2.18. The number of hydrogen-bond acceptors (Lipinski definition) is 3. The van der Waals surface area contributed by atoms with Gasteiger partial charge in [0.1, 0.15) is 6.61 Å². The van der Waals surface area contributed by atoms with E-state index in [4.69, 9.17) is 5.11 Å². The summed E-state index contributed by atoms with van der Waals surface area (Å²) in [7, 11) is 0. The zero-order valence-electron chi connectivity index (χ0n) is 12.4. The molecule has 1 amide bonds. The van der Waals surface area contributed by atoms with Gasteiger partial charge in [-0.2, -0.15) is 0 Å². The first-order valence-corrected chi connectivity index (χ1v) is 7.52. The number of aliphatic hydroxyl groups is 1. The molecule has 4 heteroatoms. The zero-order valence-corrected chi connectivity index (χ0v) is 12.4. The van der Waals surface area contributed by atoms with Crippen LogP contribution in [0.2, 0.25) is 0 Å². The Morgan fingerprint density at radius 1 is 1.52 bits per heavy atom.